The number of aryl methyl sites for hydroxylation is 3. The van der Waals surface area contributed by atoms with Gasteiger partial charge in [-0.15, -0.1) is 0 Å². The van der Waals surface area contributed by atoms with E-state index in [1.807, 2.05) is 36.6 Å². The van der Waals surface area contributed by atoms with E-state index >= 15 is 0 Å². The Hall–Kier alpha value is -3.62. The number of hydrogen-bond acceptors (Lipinski definition) is 5. The van der Waals surface area contributed by atoms with Gasteiger partial charge in [0.15, 0.2) is 0 Å². The minimum atomic E-state index is -4.40. The molecule has 0 aliphatic rings. The molecule has 0 bridgehead atoms. The number of hydrogen-bond donors (Lipinski definition) is 2. The molecule has 30 heavy (non-hydrogen) atoms. The fourth-order valence-electron chi connectivity index (χ4n) is 3.41. The molecule has 2 aromatic carbocycles. The summed E-state index contributed by atoms with van der Waals surface area (Å²) in [5.41, 5.74) is 8.60. The van der Waals surface area contributed by atoms with E-state index in [1.54, 1.807) is 6.07 Å². The quantitative estimate of drug-likeness (QED) is 0.490. The molecule has 0 unspecified atom stereocenters. The van der Waals surface area contributed by atoms with Crippen molar-refractivity contribution in [2.24, 2.45) is 0 Å². The van der Waals surface area contributed by atoms with E-state index < -0.39 is 11.7 Å². The van der Waals surface area contributed by atoms with Gasteiger partial charge in [0, 0.05) is 11.8 Å². The third-order valence-corrected chi connectivity index (χ3v) is 4.73. The number of rotatable bonds is 3. The second kappa shape index (κ2) is 7.01. The summed E-state index contributed by atoms with van der Waals surface area (Å²) in [6, 6.07) is 11.3. The van der Waals surface area contributed by atoms with E-state index in [1.165, 1.54) is 19.1 Å². The topological polar surface area (TPSA) is 81.7 Å². The third kappa shape index (κ3) is 3.66. The summed E-state index contributed by atoms with van der Waals surface area (Å²) in [6.07, 6.45) is -4.40. The van der Waals surface area contributed by atoms with Crippen molar-refractivity contribution in [3.8, 4) is 5.82 Å². The Morgan fingerprint density at radius 2 is 1.70 bits per heavy atom. The standard InChI is InChI=1S/C21H19F3N6/c1-11-4-7-16-17(8-11)30(13(3)26-16)19-10-18(25)28-20(29-19)27-14-5-6-15(12(2)9-14)21(22,23)24/h4-10H,1-3H3,(H3,25,27,28,29). The molecule has 0 saturated carbocycles. The first-order valence-corrected chi connectivity index (χ1v) is 9.17. The van der Waals surface area contributed by atoms with Crippen LogP contribution in [0.4, 0.5) is 30.6 Å². The molecule has 0 spiro atoms. The number of anilines is 3. The minimum Gasteiger partial charge on any atom is -0.383 e. The fourth-order valence-corrected chi connectivity index (χ4v) is 3.41. The predicted molar refractivity (Wildman–Crippen MR) is 110 cm³/mol. The molecule has 6 nitrogen and oxygen atoms in total. The second-order valence-electron chi connectivity index (χ2n) is 7.11. The fraction of sp³-hybridized carbons (Fsp3) is 0.190. The monoisotopic (exact) mass is 412 g/mol. The summed E-state index contributed by atoms with van der Waals surface area (Å²) < 4.78 is 40.8. The maximum atomic E-state index is 13.0. The van der Waals surface area contributed by atoms with Crippen LogP contribution in [0.1, 0.15) is 22.5 Å². The van der Waals surface area contributed by atoms with Gasteiger partial charge in [-0.05, 0) is 62.2 Å². The molecular formula is C21H19F3N6. The summed E-state index contributed by atoms with van der Waals surface area (Å²) in [4.78, 5) is 13.2. The number of halogens is 3. The van der Waals surface area contributed by atoms with Crippen LogP contribution in [0, 0.1) is 20.8 Å². The van der Waals surface area contributed by atoms with Crippen molar-refractivity contribution in [3.63, 3.8) is 0 Å². The number of nitrogen functional groups attached to an aromatic ring is 1. The Morgan fingerprint density at radius 3 is 2.40 bits per heavy atom. The van der Waals surface area contributed by atoms with Crippen LogP contribution in [0.15, 0.2) is 42.5 Å². The van der Waals surface area contributed by atoms with Gasteiger partial charge in [0.25, 0.3) is 0 Å². The van der Waals surface area contributed by atoms with E-state index in [0.29, 0.717) is 11.5 Å². The van der Waals surface area contributed by atoms with E-state index in [4.69, 9.17) is 5.73 Å². The van der Waals surface area contributed by atoms with E-state index in [0.717, 1.165) is 28.5 Å². The molecule has 0 fully saturated rings. The molecule has 0 atom stereocenters. The van der Waals surface area contributed by atoms with Gasteiger partial charge in [0.2, 0.25) is 5.95 Å². The van der Waals surface area contributed by atoms with Gasteiger partial charge < -0.3 is 11.1 Å². The van der Waals surface area contributed by atoms with E-state index in [-0.39, 0.29) is 17.3 Å². The van der Waals surface area contributed by atoms with Crippen molar-refractivity contribution < 1.29 is 13.2 Å². The Bertz CT molecular complexity index is 1260. The number of aromatic nitrogens is 4. The summed E-state index contributed by atoms with van der Waals surface area (Å²) in [5, 5.41) is 2.94. The lowest BCUT2D eigenvalue weighted by atomic mass is 10.1. The van der Waals surface area contributed by atoms with Gasteiger partial charge in [-0.2, -0.15) is 23.1 Å². The van der Waals surface area contributed by atoms with Crippen LogP contribution in [0.25, 0.3) is 16.9 Å². The number of fused-ring (bicyclic) bond motifs is 1. The van der Waals surface area contributed by atoms with Crippen molar-refractivity contribution in [2.45, 2.75) is 26.9 Å². The molecule has 0 saturated heterocycles. The average Bonchev–Trinajstić information content (AvgIpc) is 2.95. The molecule has 0 amide bonds. The van der Waals surface area contributed by atoms with Crippen LogP contribution in [0.3, 0.4) is 0 Å². The molecule has 2 aromatic heterocycles. The van der Waals surface area contributed by atoms with Crippen LogP contribution in [0.2, 0.25) is 0 Å². The van der Waals surface area contributed by atoms with Crippen molar-refractivity contribution in [3.05, 3.63) is 65.0 Å². The predicted octanol–water partition coefficient (Wildman–Crippen LogP) is 5.09. The van der Waals surface area contributed by atoms with Gasteiger partial charge in [-0.25, -0.2) is 4.98 Å². The Kier molecular flexibility index (Phi) is 4.60. The van der Waals surface area contributed by atoms with Crippen molar-refractivity contribution >= 4 is 28.5 Å². The average molecular weight is 412 g/mol. The number of benzene rings is 2. The minimum absolute atomic E-state index is 0.101. The second-order valence-corrected chi connectivity index (χ2v) is 7.11. The maximum Gasteiger partial charge on any atom is 0.416 e. The number of nitrogens with two attached hydrogens (primary N) is 1. The lowest BCUT2D eigenvalue weighted by molar-refractivity contribution is -0.138. The van der Waals surface area contributed by atoms with Crippen LogP contribution in [-0.4, -0.2) is 19.5 Å². The maximum absolute atomic E-state index is 13.0. The van der Waals surface area contributed by atoms with Crippen LogP contribution in [-0.2, 0) is 6.18 Å². The highest BCUT2D eigenvalue weighted by Crippen LogP contribution is 2.33. The highest BCUT2D eigenvalue weighted by molar-refractivity contribution is 5.79. The Labute approximate surface area is 170 Å². The van der Waals surface area contributed by atoms with E-state index in [2.05, 4.69) is 20.3 Å². The van der Waals surface area contributed by atoms with Gasteiger partial charge in [-0.3, -0.25) is 4.57 Å². The van der Waals surface area contributed by atoms with Crippen molar-refractivity contribution in [1.29, 1.82) is 0 Å². The number of nitrogens with one attached hydrogen (secondary N) is 1. The number of imidazole rings is 1. The van der Waals surface area contributed by atoms with E-state index in [9.17, 15) is 13.2 Å². The Morgan fingerprint density at radius 1 is 0.933 bits per heavy atom. The molecule has 0 aliphatic carbocycles. The van der Waals surface area contributed by atoms with Crippen LogP contribution >= 0.6 is 0 Å². The zero-order valence-electron chi connectivity index (χ0n) is 16.5. The lowest BCUT2D eigenvalue weighted by Crippen LogP contribution is -2.09. The van der Waals surface area contributed by atoms with Gasteiger partial charge in [0.05, 0.1) is 16.6 Å². The normalized spacial score (nSPS) is 11.8. The molecule has 4 aromatic rings. The van der Waals surface area contributed by atoms with Crippen LogP contribution < -0.4 is 11.1 Å². The largest absolute Gasteiger partial charge is 0.416 e. The Balaban J connectivity index is 1.74. The van der Waals surface area contributed by atoms with Crippen LogP contribution in [0.5, 0.6) is 0 Å². The van der Waals surface area contributed by atoms with Crippen molar-refractivity contribution in [2.75, 3.05) is 11.1 Å². The summed E-state index contributed by atoms with van der Waals surface area (Å²) in [7, 11) is 0. The first-order valence-electron chi connectivity index (χ1n) is 9.17. The lowest BCUT2D eigenvalue weighted by Gasteiger charge is -2.13. The highest BCUT2D eigenvalue weighted by Gasteiger charge is 2.32. The summed E-state index contributed by atoms with van der Waals surface area (Å²) in [6.45, 7) is 5.25. The third-order valence-electron chi connectivity index (χ3n) is 4.73. The van der Waals surface area contributed by atoms with Gasteiger partial charge in [-0.1, -0.05) is 6.07 Å². The summed E-state index contributed by atoms with van der Waals surface area (Å²) >= 11 is 0. The molecule has 0 aliphatic heterocycles. The first kappa shape index (κ1) is 19.7. The smallest absolute Gasteiger partial charge is 0.383 e. The zero-order chi connectivity index (χ0) is 21.6. The molecule has 9 heteroatoms. The SMILES string of the molecule is Cc1ccc2nc(C)n(-c3cc(N)nc(Nc4ccc(C(F)(F)F)c(C)c4)n3)c2c1. The molecule has 2 heterocycles. The highest BCUT2D eigenvalue weighted by atomic mass is 19.4. The molecule has 4 rings (SSSR count). The summed E-state index contributed by atoms with van der Waals surface area (Å²) in [5.74, 6) is 1.64. The molecule has 3 N–H and O–H groups in total. The molecular weight excluding hydrogens is 393 g/mol. The number of nitrogens with zero attached hydrogens (tertiary/aromatic N) is 4. The van der Waals surface area contributed by atoms with Crippen molar-refractivity contribution in [1.82, 2.24) is 19.5 Å². The molecule has 0 radical (unpaired) electrons. The number of alkyl halides is 3. The zero-order valence-corrected chi connectivity index (χ0v) is 16.5. The first-order chi connectivity index (χ1) is 14.1. The van der Waals surface area contributed by atoms with Gasteiger partial charge >= 0.3 is 6.18 Å². The molecule has 154 valence electrons. The van der Waals surface area contributed by atoms with Gasteiger partial charge in [0.1, 0.15) is 17.5 Å².